The predicted octanol–water partition coefficient (Wildman–Crippen LogP) is 4.27. The highest BCUT2D eigenvalue weighted by molar-refractivity contribution is 6.10. The van der Waals surface area contributed by atoms with Gasteiger partial charge in [-0.3, -0.25) is 4.79 Å². The van der Waals surface area contributed by atoms with Crippen LogP contribution in [0.2, 0.25) is 0 Å². The molecule has 0 aliphatic rings. The van der Waals surface area contributed by atoms with E-state index in [1.54, 1.807) is 6.92 Å². The van der Waals surface area contributed by atoms with Crippen LogP contribution in [0.1, 0.15) is 37.4 Å². The number of carbonyl (C=O) groups is 2. The van der Waals surface area contributed by atoms with E-state index >= 15 is 0 Å². The average Bonchev–Trinajstić information content (AvgIpc) is 2.47. The lowest BCUT2D eigenvalue weighted by atomic mass is 10.0. The number of nitrogens with one attached hydrogen (secondary N) is 1. The average molecular weight is 337 g/mol. The highest BCUT2D eigenvalue weighted by Gasteiger charge is 2.32. The van der Waals surface area contributed by atoms with Gasteiger partial charge in [0.2, 0.25) is 0 Å². The molecule has 126 valence electrons. The number of carbonyl (C=O) groups excluding carboxylic acids is 1. The summed E-state index contributed by atoms with van der Waals surface area (Å²) in [6, 6.07) is 7.59. The molecule has 0 aliphatic heterocycles. The van der Waals surface area contributed by atoms with E-state index < -0.39 is 23.6 Å². The molecule has 2 N–H and O–H groups in total. The molecule has 0 bridgehead atoms. The van der Waals surface area contributed by atoms with Crippen LogP contribution < -0.4 is 5.32 Å². The van der Waals surface area contributed by atoms with Gasteiger partial charge in [-0.1, -0.05) is 17.7 Å². The predicted molar refractivity (Wildman–Crippen MR) is 82.3 cm³/mol. The lowest BCUT2D eigenvalue weighted by Gasteiger charge is -2.13. The number of alkyl halides is 3. The Morgan fingerprint density at radius 3 is 2.25 bits per heavy atom. The molecule has 2 aromatic carbocycles. The van der Waals surface area contributed by atoms with Crippen LogP contribution in [0.4, 0.5) is 18.9 Å². The maximum absolute atomic E-state index is 12.9. The molecule has 0 spiro atoms. The van der Waals surface area contributed by atoms with Crippen molar-refractivity contribution in [2.75, 3.05) is 5.32 Å². The molecule has 0 saturated carbocycles. The van der Waals surface area contributed by atoms with E-state index in [9.17, 15) is 22.8 Å². The van der Waals surface area contributed by atoms with E-state index in [0.717, 1.165) is 6.07 Å². The lowest BCUT2D eigenvalue weighted by molar-refractivity contribution is -0.138. The van der Waals surface area contributed by atoms with E-state index in [-0.39, 0.29) is 22.4 Å². The molecule has 2 rings (SSSR count). The number of hydrogen-bond donors (Lipinski definition) is 2. The molecule has 1 amide bonds. The highest BCUT2D eigenvalue weighted by atomic mass is 19.4. The second-order valence-corrected chi connectivity index (χ2v) is 5.34. The van der Waals surface area contributed by atoms with Crippen LogP contribution >= 0.6 is 0 Å². The fraction of sp³-hybridized carbons (Fsp3) is 0.176. The van der Waals surface area contributed by atoms with Gasteiger partial charge in [0.05, 0.1) is 16.7 Å². The van der Waals surface area contributed by atoms with Gasteiger partial charge in [-0.05, 0) is 43.7 Å². The van der Waals surface area contributed by atoms with E-state index in [1.165, 1.54) is 37.3 Å². The van der Waals surface area contributed by atoms with Gasteiger partial charge in [-0.2, -0.15) is 13.2 Å². The first kappa shape index (κ1) is 17.5. The smallest absolute Gasteiger partial charge is 0.416 e. The fourth-order valence-corrected chi connectivity index (χ4v) is 2.24. The van der Waals surface area contributed by atoms with Crippen LogP contribution in [0.3, 0.4) is 0 Å². The Hall–Kier alpha value is -2.83. The van der Waals surface area contributed by atoms with Gasteiger partial charge in [0.15, 0.2) is 0 Å². The number of aryl methyl sites for hydroxylation is 2. The summed E-state index contributed by atoms with van der Waals surface area (Å²) in [4.78, 5) is 23.5. The number of hydrogen-bond acceptors (Lipinski definition) is 2. The Balaban J connectivity index is 2.38. The number of rotatable bonds is 3. The van der Waals surface area contributed by atoms with Gasteiger partial charge in [0, 0.05) is 5.69 Å². The van der Waals surface area contributed by atoms with Crippen LogP contribution in [-0.2, 0) is 6.18 Å². The lowest BCUT2D eigenvalue weighted by Crippen LogP contribution is -2.17. The largest absolute Gasteiger partial charge is 0.478 e. The van der Waals surface area contributed by atoms with E-state index in [4.69, 9.17) is 5.11 Å². The van der Waals surface area contributed by atoms with Crippen molar-refractivity contribution in [3.05, 3.63) is 64.2 Å². The summed E-state index contributed by atoms with van der Waals surface area (Å²) in [5.74, 6) is -2.08. The summed E-state index contributed by atoms with van der Waals surface area (Å²) in [5.41, 5.74) is -0.566. The minimum absolute atomic E-state index is 0.0299. The standard InChI is InChI=1S/C17H14F3NO3/c1-9-3-6-12(16(23)24)13(7-9)15(22)21-11-5-4-10(2)14(8-11)17(18,19)20/h3-8H,1-2H3,(H,21,22)(H,23,24). The molecule has 0 radical (unpaired) electrons. The van der Waals surface area contributed by atoms with Crippen molar-refractivity contribution in [2.45, 2.75) is 20.0 Å². The van der Waals surface area contributed by atoms with Crippen molar-refractivity contribution in [2.24, 2.45) is 0 Å². The zero-order valence-corrected chi connectivity index (χ0v) is 12.9. The summed E-state index contributed by atoms with van der Waals surface area (Å²) in [5, 5.41) is 11.4. The van der Waals surface area contributed by atoms with Crippen molar-refractivity contribution in [1.29, 1.82) is 0 Å². The molecule has 0 heterocycles. The fourth-order valence-electron chi connectivity index (χ4n) is 2.24. The van der Waals surface area contributed by atoms with Crippen molar-refractivity contribution in [1.82, 2.24) is 0 Å². The number of amides is 1. The van der Waals surface area contributed by atoms with Crippen molar-refractivity contribution >= 4 is 17.6 Å². The van der Waals surface area contributed by atoms with Gasteiger partial charge >= 0.3 is 12.1 Å². The quantitative estimate of drug-likeness (QED) is 0.879. The van der Waals surface area contributed by atoms with Gasteiger partial charge in [-0.25, -0.2) is 4.79 Å². The minimum atomic E-state index is -4.54. The molecule has 0 saturated heterocycles. The maximum Gasteiger partial charge on any atom is 0.416 e. The molecule has 0 atom stereocenters. The Morgan fingerprint density at radius 1 is 1.00 bits per heavy atom. The molecular weight excluding hydrogens is 323 g/mol. The second kappa shape index (κ2) is 6.35. The summed E-state index contributed by atoms with van der Waals surface area (Å²) in [6.07, 6.45) is -4.54. The number of carboxylic acids is 1. The van der Waals surface area contributed by atoms with Crippen LogP contribution in [-0.4, -0.2) is 17.0 Å². The van der Waals surface area contributed by atoms with Crippen molar-refractivity contribution in [3.8, 4) is 0 Å². The third-order valence-corrected chi connectivity index (χ3v) is 3.45. The highest BCUT2D eigenvalue weighted by Crippen LogP contribution is 2.33. The Morgan fingerprint density at radius 2 is 1.67 bits per heavy atom. The summed E-state index contributed by atoms with van der Waals surface area (Å²) < 4.78 is 38.8. The summed E-state index contributed by atoms with van der Waals surface area (Å²) in [7, 11) is 0. The molecular formula is C17H14F3NO3. The SMILES string of the molecule is Cc1ccc(C(=O)O)c(C(=O)Nc2ccc(C)c(C(F)(F)F)c2)c1. The number of halogens is 3. The van der Waals surface area contributed by atoms with Crippen LogP contribution in [0, 0.1) is 13.8 Å². The molecule has 0 aromatic heterocycles. The zero-order valence-electron chi connectivity index (χ0n) is 12.9. The van der Waals surface area contributed by atoms with Crippen LogP contribution in [0.5, 0.6) is 0 Å². The summed E-state index contributed by atoms with van der Waals surface area (Å²) >= 11 is 0. The number of aromatic carboxylic acids is 1. The first-order chi connectivity index (χ1) is 11.1. The minimum Gasteiger partial charge on any atom is -0.478 e. The van der Waals surface area contributed by atoms with Gasteiger partial charge in [0.1, 0.15) is 0 Å². The van der Waals surface area contributed by atoms with Crippen LogP contribution in [0.25, 0.3) is 0 Å². The normalized spacial score (nSPS) is 11.2. The first-order valence-electron chi connectivity index (χ1n) is 6.92. The van der Waals surface area contributed by atoms with Crippen molar-refractivity contribution in [3.63, 3.8) is 0 Å². The molecule has 0 fully saturated rings. The molecule has 0 unspecified atom stereocenters. The zero-order chi connectivity index (χ0) is 18.1. The molecule has 4 nitrogen and oxygen atoms in total. The van der Waals surface area contributed by atoms with Gasteiger partial charge < -0.3 is 10.4 Å². The molecule has 7 heteroatoms. The maximum atomic E-state index is 12.9. The number of anilines is 1. The second-order valence-electron chi connectivity index (χ2n) is 5.34. The Kier molecular flexibility index (Phi) is 4.64. The van der Waals surface area contributed by atoms with Gasteiger partial charge in [0.25, 0.3) is 5.91 Å². The monoisotopic (exact) mass is 337 g/mol. The topological polar surface area (TPSA) is 66.4 Å². The van der Waals surface area contributed by atoms with E-state index in [0.29, 0.717) is 5.56 Å². The van der Waals surface area contributed by atoms with Gasteiger partial charge in [-0.15, -0.1) is 0 Å². The third-order valence-electron chi connectivity index (χ3n) is 3.45. The summed E-state index contributed by atoms with van der Waals surface area (Å²) in [6.45, 7) is 2.99. The Bertz CT molecular complexity index is 813. The molecule has 2 aromatic rings. The first-order valence-corrected chi connectivity index (χ1v) is 6.92. The molecule has 24 heavy (non-hydrogen) atoms. The van der Waals surface area contributed by atoms with Crippen molar-refractivity contribution < 1.29 is 27.9 Å². The molecule has 0 aliphatic carbocycles. The van der Waals surface area contributed by atoms with E-state index in [2.05, 4.69) is 5.32 Å². The number of carboxylic acid groups (broad SMARTS) is 1. The third kappa shape index (κ3) is 3.73. The Labute approximate surface area is 135 Å². The van der Waals surface area contributed by atoms with Crippen LogP contribution in [0.15, 0.2) is 36.4 Å². The number of benzene rings is 2. The van der Waals surface area contributed by atoms with E-state index in [1.807, 2.05) is 0 Å².